The predicted octanol–water partition coefficient (Wildman–Crippen LogP) is 0.473. The molecule has 0 fully saturated rings. The normalized spacial score (nSPS) is 15.1. The molecular formula is CH2F8LiO3PS. The topological polar surface area (TPSA) is 54.4 Å². The summed E-state index contributed by atoms with van der Waals surface area (Å²) in [5, 5.41) is 0. The maximum absolute atomic E-state index is 10.7. The van der Waals surface area contributed by atoms with Gasteiger partial charge < -0.3 is 1.43 Å². The molecule has 0 aromatic rings. The summed E-state index contributed by atoms with van der Waals surface area (Å²) >= 11 is 0. The van der Waals surface area contributed by atoms with E-state index in [1.807, 2.05) is 0 Å². The second-order valence-electron chi connectivity index (χ2n) is 1.56. The van der Waals surface area contributed by atoms with Gasteiger partial charge in [0, 0.05) is 0 Å². The molecule has 0 aliphatic carbocycles. The Balaban J connectivity index is -0.0000000825. The van der Waals surface area contributed by atoms with Gasteiger partial charge in [-0.3, -0.25) is 4.55 Å². The van der Waals surface area contributed by atoms with Crippen LogP contribution in [0.25, 0.3) is 0 Å². The molecule has 14 heteroatoms. The van der Waals surface area contributed by atoms with Crippen molar-refractivity contribution >= 4 is 18.3 Å². The third-order valence-electron chi connectivity index (χ3n) is 0.292. The van der Waals surface area contributed by atoms with E-state index in [9.17, 15) is 34.2 Å². The fourth-order valence-electron chi connectivity index (χ4n) is 0. The summed E-state index contributed by atoms with van der Waals surface area (Å²) in [4.78, 5) is 0. The van der Waals surface area contributed by atoms with Crippen LogP contribution in [0.4, 0.5) is 34.2 Å². The minimum atomic E-state index is -8.55. The summed E-state index contributed by atoms with van der Waals surface area (Å²) in [7, 11) is -14.4. The molecular weight excluding hydrogens is 282 g/mol. The molecule has 0 saturated heterocycles. The largest absolute Gasteiger partial charge is 1.00 e. The maximum atomic E-state index is 10.7. The van der Waals surface area contributed by atoms with Crippen LogP contribution < -0.4 is 18.9 Å². The number of alkyl halides is 3. The van der Waals surface area contributed by atoms with E-state index < -0.39 is 23.8 Å². The zero-order chi connectivity index (χ0) is 12.4. The van der Waals surface area contributed by atoms with Gasteiger partial charge in [0.2, 0.25) is 0 Å². The van der Waals surface area contributed by atoms with Crippen LogP contribution in [0.15, 0.2) is 0 Å². The molecule has 0 rings (SSSR count). The van der Waals surface area contributed by atoms with E-state index in [4.69, 9.17) is 13.0 Å². The van der Waals surface area contributed by atoms with E-state index in [0.717, 1.165) is 0 Å². The molecule has 0 saturated carbocycles. The van der Waals surface area contributed by atoms with Gasteiger partial charge in [0.05, 0.1) is 0 Å². The Hall–Kier alpha value is 0.377. The van der Waals surface area contributed by atoms with Gasteiger partial charge in [-0.05, 0) is 0 Å². The second kappa shape index (κ2) is 5.14. The summed E-state index contributed by atoms with van der Waals surface area (Å²) < 4.78 is 107. The van der Waals surface area contributed by atoms with Crippen molar-refractivity contribution in [2.45, 2.75) is 5.51 Å². The smallest absolute Gasteiger partial charge is 1.00 e. The summed E-state index contributed by atoms with van der Waals surface area (Å²) in [6, 6.07) is 0. The van der Waals surface area contributed by atoms with Gasteiger partial charge in [0.25, 0.3) is 0 Å². The van der Waals surface area contributed by atoms with Crippen LogP contribution in [0.1, 0.15) is 1.43 Å². The van der Waals surface area contributed by atoms with Crippen LogP contribution in [-0.2, 0) is 10.1 Å². The van der Waals surface area contributed by atoms with Gasteiger partial charge >= 0.3 is 63.6 Å². The molecule has 0 aromatic heterocycles. The average molecular weight is 284 g/mol. The van der Waals surface area contributed by atoms with Gasteiger partial charge in [-0.2, -0.15) is 21.6 Å². The van der Waals surface area contributed by atoms with E-state index in [2.05, 4.69) is 0 Å². The number of halogens is 8. The first-order valence-electron chi connectivity index (χ1n) is 2.13. The van der Waals surface area contributed by atoms with Crippen molar-refractivity contribution in [3.05, 3.63) is 0 Å². The second-order valence-corrected chi connectivity index (χ2v) is 4.25. The van der Waals surface area contributed by atoms with E-state index in [-0.39, 0.29) is 20.3 Å². The Morgan fingerprint density at radius 3 is 1.07 bits per heavy atom. The Bertz CT molecular complexity index is 274. The molecule has 0 bridgehead atoms. The van der Waals surface area contributed by atoms with E-state index in [1.165, 1.54) is 0 Å². The molecule has 0 atom stereocenters. The van der Waals surface area contributed by atoms with Gasteiger partial charge in [-0.25, -0.2) is 0 Å². The predicted molar refractivity (Wildman–Crippen MR) is 31.2 cm³/mol. The first-order chi connectivity index (χ1) is 5.49. The van der Waals surface area contributed by atoms with Crippen molar-refractivity contribution in [2.75, 3.05) is 0 Å². The first kappa shape index (κ1) is 20.7. The summed E-state index contributed by atoms with van der Waals surface area (Å²) in [5.74, 6) is 0. The molecule has 0 unspecified atom stereocenters. The van der Waals surface area contributed by atoms with Gasteiger partial charge in [0.1, 0.15) is 0 Å². The molecule has 0 radical (unpaired) electrons. The summed E-state index contributed by atoms with van der Waals surface area (Å²) in [5.41, 5.74) is -5.53. The summed E-state index contributed by atoms with van der Waals surface area (Å²) in [6.07, 6.45) is 0. The minimum Gasteiger partial charge on any atom is -1.00 e. The maximum Gasteiger partial charge on any atom is 1.00 e. The minimum absolute atomic E-state index is 0. The van der Waals surface area contributed by atoms with Crippen molar-refractivity contribution in [1.29, 1.82) is 0 Å². The van der Waals surface area contributed by atoms with E-state index in [0.29, 0.717) is 0 Å². The Morgan fingerprint density at radius 2 is 1.07 bits per heavy atom. The first-order valence-corrected chi connectivity index (χ1v) is 5.26. The number of hydrogen-bond donors (Lipinski definition) is 1. The van der Waals surface area contributed by atoms with Gasteiger partial charge in [-0.1, -0.05) is 0 Å². The quantitative estimate of drug-likeness (QED) is 0.231. The zero-order valence-electron chi connectivity index (χ0n) is 7.64. The van der Waals surface area contributed by atoms with Crippen molar-refractivity contribution in [1.82, 2.24) is 0 Å². The van der Waals surface area contributed by atoms with Crippen LogP contribution in [0.5, 0.6) is 0 Å². The van der Waals surface area contributed by atoms with Crippen LogP contribution in [-0.4, -0.2) is 18.5 Å². The van der Waals surface area contributed by atoms with Crippen molar-refractivity contribution in [2.24, 2.45) is 0 Å². The third-order valence-corrected chi connectivity index (χ3v) is 0.877. The van der Waals surface area contributed by atoms with Crippen molar-refractivity contribution in [3.63, 3.8) is 0 Å². The molecule has 0 aliphatic rings. The standard InChI is InChI=1S/CHF3O3S.F5P.Li.H/c2-1(3,4)8(5,6)7;1-6(2,3,4)5;;/h(H,5,6,7);;;/q;;+1;-1. The molecule has 15 heavy (non-hydrogen) atoms. The van der Waals surface area contributed by atoms with Crippen LogP contribution in [0.3, 0.4) is 0 Å². The molecule has 3 nitrogen and oxygen atoms in total. The Morgan fingerprint density at radius 1 is 1.00 bits per heavy atom. The van der Waals surface area contributed by atoms with E-state index in [1.54, 1.807) is 0 Å². The fraction of sp³-hybridized carbons (Fsp3) is 1.00. The molecule has 0 aromatic carbocycles. The fourth-order valence-corrected chi connectivity index (χ4v) is 0. The van der Waals surface area contributed by atoms with Crippen LogP contribution in [0.2, 0.25) is 0 Å². The third kappa shape index (κ3) is 25.0. The van der Waals surface area contributed by atoms with Gasteiger partial charge in [0.15, 0.2) is 0 Å². The zero-order valence-corrected chi connectivity index (χ0v) is 8.35. The molecule has 0 amide bonds. The molecule has 1 N–H and O–H groups in total. The molecule has 0 heterocycles. The van der Waals surface area contributed by atoms with Gasteiger partial charge in [-0.15, -0.1) is 0 Å². The van der Waals surface area contributed by atoms with E-state index >= 15 is 0 Å². The Kier molecular flexibility index (Phi) is 7.11. The SMILES string of the molecule is FP(F)(F)(F)F.O=S(=O)(O)C(F)(F)F.[H-].[Li+]. The average Bonchev–Trinajstić information content (AvgIpc) is 1.47. The molecule has 0 spiro atoms. The summed E-state index contributed by atoms with van der Waals surface area (Å²) in [6.45, 7) is 0. The van der Waals surface area contributed by atoms with Crippen LogP contribution in [0, 0.1) is 0 Å². The molecule has 0 aliphatic heterocycles. The number of rotatable bonds is 0. The monoisotopic (exact) mass is 284 g/mol. The van der Waals surface area contributed by atoms with Crippen LogP contribution >= 0.6 is 8.16 Å². The van der Waals surface area contributed by atoms with Crippen molar-refractivity contribution in [3.8, 4) is 0 Å². The molecule has 92 valence electrons. The van der Waals surface area contributed by atoms with Crippen molar-refractivity contribution < 1.29 is 67.4 Å². The number of hydrogen-bond acceptors (Lipinski definition) is 2. The Labute approximate surface area is 91.8 Å².